The Morgan fingerprint density at radius 2 is 2.14 bits per heavy atom. The first-order chi connectivity index (χ1) is 14.0. The fraction of sp³-hybridized carbons (Fsp3) is 0.762. The Hall–Kier alpha value is -1.93. The van der Waals surface area contributed by atoms with Crippen molar-refractivity contribution in [2.75, 3.05) is 26.3 Å². The number of carbonyl (C=O) groups excluding carboxylic acids is 2. The maximum Gasteiger partial charge on any atom is 0.237 e. The lowest BCUT2D eigenvalue weighted by Crippen LogP contribution is -2.59. The SMILES string of the molecule is CC(C)C[C@@H]1[C@H](C(=O)NCc2ncc[nH]2)C[C@@H]2CN(C3CCOCC3)CC(=O)N21. The molecule has 0 spiro atoms. The Morgan fingerprint density at radius 3 is 2.83 bits per heavy atom. The zero-order valence-electron chi connectivity index (χ0n) is 17.5. The van der Waals surface area contributed by atoms with Crippen LogP contribution in [0.1, 0.15) is 45.4 Å². The number of carbonyl (C=O) groups is 2. The summed E-state index contributed by atoms with van der Waals surface area (Å²) in [5.74, 6) is 1.24. The van der Waals surface area contributed by atoms with Gasteiger partial charge >= 0.3 is 0 Å². The Labute approximate surface area is 172 Å². The van der Waals surface area contributed by atoms with Gasteiger partial charge in [0.25, 0.3) is 0 Å². The molecule has 2 amide bonds. The monoisotopic (exact) mass is 403 g/mol. The first kappa shape index (κ1) is 20.3. The summed E-state index contributed by atoms with van der Waals surface area (Å²) < 4.78 is 5.49. The van der Waals surface area contributed by atoms with E-state index in [1.54, 1.807) is 12.4 Å². The van der Waals surface area contributed by atoms with Crippen LogP contribution in [0.15, 0.2) is 12.4 Å². The summed E-state index contributed by atoms with van der Waals surface area (Å²) >= 11 is 0. The van der Waals surface area contributed by atoms with Gasteiger partial charge < -0.3 is 19.9 Å². The normalized spacial score (nSPS) is 28.7. The minimum Gasteiger partial charge on any atom is -0.381 e. The second kappa shape index (κ2) is 8.83. The molecule has 3 atom stereocenters. The van der Waals surface area contributed by atoms with Gasteiger partial charge in [0, 0.05) is 50.3 Å². The van der Waals surface area contributed by atoms with E-state index in [1.165, 1.54) is 0 Å². The van der Waals surface area contributed by atoms with Gasteiger partial charge in [0.2, 0.25) is 11.8 Å². The van der Waals surface area contributed by atoms with E-state index in [-0.39, 0.29) is 29.8 Å². The van der Waals surface area contributed by atoms with Crippen molar-refractivity contribution in [2.45, 2.75) is 64.2 Å². The minimum atomic E-state index is -0.157. The highest BCUT2D eigenvalue weighted by Gasteiger charge is 2.50. The van der Waals surface area contributed by atoms with Crippen molar-refractivity contribution in [1.82, 2.24) is 25.1 Å². The van der Waals surface area contributed by atoms with Crippen molar-refractivity contribution in [1.29, 1.82) is 0 Å². The number of hydrogen-bond donors (Lipinski definition) is 2. The molecular weight excluding hydrogens is 370 g/mol. The van der Waals surface area contributed by atoms with Crippen LogP contribution >= 0.6 is 0 Å². The third-order valence-electron chi connectivity index (χ3n) is 6.55. The summed E-state index contributed by atoms with van der Waals surface area (Å²) in [6.07, 6.45) is 7.01. The quantitative estimate of drug-likeness (QED) is 0.744. The first-order valence-electron chi connectivity index (χ1n) is 10.9. The van der Waals surface area contributed by atoms with Crippen LogP contribution in [0, 0.1) is 11.8 Å². The van der Waals surface area contributed by atoms with Crippen LogP contribution in [-0.4, -0.2) is 76.0 Å². The summed E-state index contributed by atoms with van der Waals surface area (Å²) in [5, 5.41) is 3.03. The van der Waals surface area contributed by atoms with Gasteiger partial charge in [-0.05, 0) is 31.6 Å². The van der Waals surface area contributed by atoms with E-state index >= 15 is 0 Å². The van der Waals surface area contributed by atoms with E-state index in [0.29, 0.717) is 25.0 Å². The second-order valence-corrected chi connectivity index (χ2v) is 9.02. The number of ether oxygens (including phenoxy) is 1. The Kier molecular flexibility index (Phi) is 6.20. The van der Waals surface area contributed by atoms with Crippen molar-refractivity contribution in [3.63, 3.8) is 0 Å². The van der Waals surface area contributed by atoms with Crippen LogP contribution in [0.2, 0.25) is 0 Å². The van der Waals surface area contributed by atoms with Gasteiger partial charge in [-0.2, -0.15) is 0 Å². The van der Waals surface area contributed by atoms with E-state index in [9.17, 15) is 9.59 Å². The number of aromatic amines is 1. The number of imidazole rings is 1. The van der Waals surface area contributed by atoms with Gasteiger partial charge in [-0.15, -0.1) is 0 Å². The first-order valence-corrected chi connectivity index (χ1v) is 10.9. The fourth-order valence-corrected chi connectivity index (χ4v) is 5.24. The Balaban J connectivity index is 1.46. The summed E-state index contributed by atoms with van der Waals surface area (Å²) in [4.78, 5) is 37.8. The molecule has 29 heavy (non-hydrogen) atoms. The van der Waals surface area contributed by atoms with Crippen LogP contribution in [0.4, 0.5) is 0 Å². The summed E-state index contributed by atoms with van der Waals surface area (Å²) in [5.41, 5.74) is 0. The van der Waals surface area contributed by atoms with Gasteiger partial charge in [0.15, 0.2) is 0 Å². The molecule has 0 unspecified atom stereocenters. The molecule has 1 aromatic heterocycles. The smallest absolute Gasteiger partial charge is 0.237 e. The van der Waals surface area contributed by atoms with Crippen molar-refractivity contribution < 1.29 is 14.3 Å². The van der Waals surface area contributed by atoms with Gasteiger partial charge in [0.1, 0.15) is 5.82 Å². The van der Waals surface area contributed by atoms with E-state index in [4.69, 9.17) is 4.74 Å². The fourth-order valence-electron chi connectivity index (χ4n) is 5.24. The van der Waals surface area contributed by atoms with Crippen molar-refractivity contribution in [3.05, 3.63) is 18.2 Å². The number of hydrogen-bond acceptors (Lipinski definition) is 5. The van der Waals surface area contributed by atoms with Crippen LogP contribution in [0.25, 0.3) is 0 Å². The number of H-pyrrole nitrogens is 1. The zero-order valence-corrected chi connectivity index (χ0v) is 17.5. The van der Waals surface area contributed by atoms with Gasteiger partial charge in [-0.1, -0.05) is 13.8 Å². The molecule has 4 heterocycles. The summed E-state index contributed by atoms with van der Waals surface area (Å²) in [6.45, 7) is 7.60. The molecule has 0 aliphatic carbocycles. The molecule has 3 saturated heterocycles. The van der Waals surface area contributed by atoms with Gasteiger partial charge in [0.05, 0.1) is 19.0 Å². The molecule has 3 aliphatic heterocycles. The molecule has 0 radical (unpaired) electrons. The maximum absolute atomic E-state index is 13.1. The third-order valence-corrected chi connectivity index (χ3v) is 6.55. The molecule has 0 aromatic carbocycles. The Bertz CT molecular complexity index is 701. The van der Waals surface area contributed by atoms with E-state index in [2.05, 4.69) is 34.0 Å². The summed E-state index contributed by atoms with van der Waals surface area (Å²) in [7, 11) is 0. The van der Waals surface area contributed by atoms with E-state index < -0.39 is 0 Å². The number of nitrogens with one attached hydrogen (secondary N) is 2. The van der Waals surface area contributed by atoms with Crippen molar-refractivity contribution >= 4 is 11.8 Å². The molecule has 8 heteroatoms. The highest BCUT2D eigenvalue weighted by molar-refractivity contribution is 5.84. The molecule has 8 nitrogen and oxygen atoms in total. The second-order valence-electron chi connectivity index (χ2n) is 9.02. The lowest BCUT2D eigenvalue weighted by Gasteiger charge is -2.44. The largest absolute Gasteiger partial charge is 0.381 e. The van der Waals surface area contributed by atoms with Crippen molar-refractivity contribution in [3.8, 4) is 0 Å². The molecule has 3 fully saturated rings. The molecular formula is C21H33N5O3. The number of aromatic nitrogens is 2. The van der Waals surface area contributed by atoms with Gasteiger partial charge in [-0.3, -0.25) is 14.5 Å². The predicted molar refractivity (Wildman–Crippen MR) is 108 cm³/mol. The topological polar surface area (TPSA) is 90.6 Å². The third kappa shape index (κ3) is 4.48. The van der Waals surface area contributed by atoms with Crippen molar-refractivity contribution in [2.24, 2.45) is 11.8 Å². The van der Waals surface area contributed by atoms with Crippen LogP contribution in [-0.2, 0) is 20.9 Å². The van der Waals surface area contributed by atoms with Gasteiger partial charge in [-0.25, -0.2) is 4.98 Å². The van der Waals surface area contributed by atoms with E-state index in [1.807, 2.05) is 4.90 Å². The molecule has 1 aromatic rings. The average Bonchev–Trinajstić information content (AvgIpc) is 3.35. The highest BCUT2D eigenvalue weighted by atomic mass is 16.5. The van der Waals surface area contributed by atoms with Crippen LogP contribution in [0.5, 0.6) is 0 Å². The maximum atomic E-state index is 13.1. The lowest BCUT2D eigenvalue weighted by molar-refractivity contribution is -0.143. The summed E-state index contributed by atoms with van der Waals surface area (Å²) in [6, 6.07) is 0.536. The number of rotatable bonds is 6. The van der Waals surface area contributed by atoms with Crippen LogP contribution < -0.4 is 5.32 Å². The number of nitrogens with zero attached hydrogens (tertiary/aromatic N) is 3. The molecule has 3 aliphatic rings. The highest BCUT2D eigenvalue weighted by Crippen LogP contribution is 2.37. The molecule has 0 bridgehead atoms. The van der Waals surface area contributed by atoms with E-state index in [0.717, 1.165) is 51.3 Å². The predicted octanol–water partition coefficient (Wildman–Crippen LogP) is 1.15. The molecule has 2 N–H and O–H groups in total. The number of piperazine rings is 1. The average molecular weight is 404 g/mol. The lowest BCUT2D eigenvalue weighted by atomic mass is 9.91. The molecule has 160 valence electrons. The minimum absolute atomic E-state index is 0.0130. The number of fused-ring (bicyclic) bond motifs is 1. The molecule has 4 rings (SSSR count). The zero-order chi connectivity index (χ0) is 20.4. The standard InChI is InChI=1S/C21H33N5O3/c1-14(2)9-18-17(21(28)24-11-19-22-5-6-23-19)10-16-12-25(13-20(27)26(16)18)15-3-7-29-8-4-15/h5-6,14-18H,3-4,7-13H2,1-2H3,(H,22,23)(H,24,28)/t16-,17-,18-/m1/s1. The number of amides is 2. The molecule has 0 saturated carbocycles. The van der Waals surface area contributed by atoms with Crippen LogP contribution in [0.3, 0.4) is 0 Å². The Morgan fingerprint density at radius 1 is 1.34 bits per heavy atom.